The highest BCUT2D eigenvalue weighted by molar-refractivity contribution is 5.85. The zero-order chi connectivity index (χ0) is 14.7. The topological polar surface area (TPSA) is 63.3 Å². The van der Waals surface area contributed by atoms with Crippen LogP contribution in [0.25, 0.3) is 0 Å². The van der Waals surface area contributed by atoms with Crippen molar-refractivity contribution in [3.05, 3.63) is 23.8 Å². The van der Waals surface area contributed by atoms with Crippen molar-refractivity contribution in [3.8, 4) is 0 Å². The van der Waals surface area contributed by atoms with E-state index in [1.165, 1.54) is 18.1 Å². The highest BCUT2D eigenvalue weighted by atomic mass is 16.2. The van der Waals surface area contributed by atoms with Gasteiger partial charge < -0.3 is 10.8 Å². The van der Waals surface area contributed by atoms with E-state index < -0.39 is 0 Å². The largest absolute Gasteiger partial charge is 0.400 e. The molecule has 0 saturated heterocycles. The molecular formula is C14H31NO2. The number of nitrogens with two attached hydrogens (primary N) is 1. The Kier molecular flexibility index (Phi) is 43.1. The van der Waals surface area contributed by atoms with Gasteiger partial charge in [0.25, 0.3) is 0 Å². The number of aliphatic hydroxyl groups is 1. The van der Waals surface area contributed by atoms with Crippen molar-refractivity contribution >= 4 is 5.91 Å². The summed E-state index contributed by atoms with van der Waals surface area (Å²) in [6.07, 6.45) is 7.28. The number of rotatable bonds is 3. The van der Waals surface area contributed by atoms with Gasteiger partial charge in [0.15, 0.2) is 0 Å². The summed E-state index contributed by atoms with van der Waals surface area (Å²) in [5, 5.41) is 7.00. The number of allylic oxidation sites excluding steroid dienone is 3. The smallest absolute Gasteiger partial charge is 0.241 e. The standard InChI is InChI=1S/C6H12.C5H9NO.C2H6.CH4O/c1-4-6(3)5-2;1-2-3-4-5(6)7;2*1-2/h4H,5H2,1-3H3;3-4H,2H2,1H3,(H2,6,7);1-2H3;2H,1H3/b6-4+;4-3+;;. The number of hydrogen-bond donors (Lipinski definition) is 2. The normalized spacial score (nSPS) is 9.06. The van der Waals surface area contributed by atoms with E-state index in [2.05, 4.69) is 26.8 Å². The van der Waals surface area contributed by atoms with Gasteiger partial charge in [-0.2, -0.15) is 0 Å². The highest BCUT2D eigenvalue weighted by Gasteiger charge is 1.76. The Balaban J connectivity index is -0.0000000772. The molecule has 0 aliphatic heterocycles. The van der Waals surface area contributed by atoms with Gasteiger partial charge in [-0.15, -0.1) is 0 Å². The van der Waals surface area contributed by atoms with Crippen LogP contribution in [0.5, 0.6) is 0 Å². The molecule has 0 unspecified atom stereocenters. The molecular weight excluding hydrogens is 214 g/mol. The molecule has 104 valence electrons. The third-order valence-electron chi connectivity index (χ3n) is 1.57. The monoisotopic (exact) mass is 245 g/mol. The first kappa shape index (κ1) is 24.9. The van der Waals surface area contributed by atoms with Crippen LogP contribution >= 0.6 is 0 Å². The van der Waals surface area contributed by atoms with E-state index in [4.69, 9.17) is 10.8 Å². The van der Waals surface area contributed by atoms with Gasteiger partial charge in [-0.1, -0.05) is 45.4 Å². The molecule has 3 nitrogen and oxygen atoms in total. The SMILES string of the molecule is C/C=C(\C)CC.CC.CC/C=C/C(N)=O.CO. The van der Waals surface area contributed by atoms with Crippen molar-refractivity contribution < 1.29 is 9.90 Å². The summed E-state index contributed by atoms with van der Waals surface area (Å²) in [5.74, 6) is -0.373. The molecule has 0 aliphatic rings. The van der Waals surface area contributed by atoms with E-state index in [9.17, 15) is 4.79 Å². The molecule has 0 spiro atoms. The second kappa shape index (κ2) is 29.4. The molecule has 0 radical (unpaired) electrons. The summed E-state index contributed by atoms with van der Waals surface area (Å²) in [4.78, 5) is 9.89. The van der Waals surface area contributed by atoms with Gasteiger partial charge in [-0.05, 0) is 32.8 Å². The lowest BCUT2D eigenvalue weighted by Crippen LogP contribution is -2.04. The third-order valence-corrected chi connectivity index (χ3v) is 1.57. The first-order valence-electron chi connectivity index (χ1n) is 6.10. The minimum absolute atomic E-state index is 0.373. The van der Waals surface area contributed by atoms with Gasteiger partial charge >= 0.3 is 0 Å². The molecule has 0 aromatic rings. The van der Waals surface area contributed by atoms with Crippen LogP contribution in [0.1, 0.15) is 54.4 Å². The summed E-state index contributed by atoms with van der Waals surface area (Å²) in [5.41, 5.74) is 6.22. The van der Waals surface area contributed by atoms with Gasteiger partial charge in [-0.25, -0.2) is 0 Å². The zero-order valence-corrected chi connectivity index (χ0v) is 12.6. The number of carbonyl (C=O) groups excluding carboxylic acids is 1. The zero-order valence-electron chi connectivity index (χ0n) is 12.6. The lowest BCUT2D eigenvalue weighted by Gasteiger charge is -1.85. The first-order chi connectivity index (χ1) is 8.08. The number of hydrogen-bond acceptors (Lipinski definition) is 2. The fourth-order valence-corrected chi connectivity index (χ4v) is 0.438. The highest BCUT2D eigenvalue weighted by Crippen LogP contribution is 1.94. The van der Waals surface area contributed by atoms with Crippen molar-refractivity contribution in [2.24, 2.45) is 5.73 Å². The quantitative estimate of drug-likeness (QED) is 0.591. The molecule has 17 heavy (non-hydrogen) atoms. The maximum absolute atomic E-state index is 9.89. The van der Waals surface area contributed by atoms with Crippen LogP contribution in [0.4, 0.5) is 0 Å². The molecule has 1 amide bonds. The predicted molar refractivity (Wildman–Crippen MR) is 77.8 cm³/mol. The van der Waals surface area contributed by atoms with Crippen LogP contribution in [0, 0.1) is 0 Å². The van der Waals surface area contributed by atoms with Crippen LogP contribution in [-0.4, -0.2) is 18.1 Å². The van der Waals surface area contributed by atoms with Crippen molar-refractivity contribution in [2.75, 3.05) is 7.11 Å². The van der Waals surface area contributed by atoms with Gasteiger partial charge in [0.05, 0.1) is 0 Å². The summed E-state index contributed by atoms with van der Waals surface area (Å²) >= 11 is 0. The van der Waals surface area contributed by atoms with Crippen LogP contribution < -0.4 is 5.73 Å². The van der Waals surface area contributed by atoms with E-state index >= 15 is 0 Å². The number of amides is 1. The third kappa shape index (κ3) is 52.0. The van der Waals surface area contributed by atoms with Crippen molar-refractivity contribution in [3.63, 3.8) is 0 Å². The molecule has 3 N–H and O–H groups in total. The van der Waals surface area contributed by atoms with Crippen LogP contribution in [0.2, 0.25) is 0 Å². The van der Waals surface area contributed by atoms with Crippen molar-refractivity contribution in [1.29, 1.82) is 0 Å². The molecule has 0 atom stereocenters. The Morgan fingerprint density at radius 2 is 1.65 bits per heavy atom. The van der Waals surface area contributed by atoms with Crippen LogP contribution in [0.3, 0.4) is 0 Å². The predicted octanol–water partition coefficient (Wildman–Crippen LogP) is 3.44. The molecule has 0 aliphatic carbocycles. The van der Waals surface area contributed by atoms with E-state index in [1.54, 1.807) is 6.08 Å². The Morgan fingerprint density at radius 3 is 1.71 bits per heavy atom. The maximum atomic E-state index is 9.89. The average molecular weight is 245 g/mol. The van der Waals surface area contributed by atoms with Gasteiger partial charge in [0.1, 0.15) is 0 Å². The summed E-state index contributed by atoms with van der Waals surface area (Å²) < 4.78 is 0. The average Bonchev–Trinajstić information content (AvgIpc) is 2.40. The van der Waals surface area contributed by atoms with E-state index in [-0.39, 0.29) is 5.91 Å². The minimum Gasteiger partial charge on any atom is -0.400 e. The summed E-state index contributed by atoms with van der Waals surface area (Å²) in [7, 11) is 1.00. The fraction of sp³-hybridized carbons (Fsp3) is 0.643. The lowest BCUT2D eigenvalue weighted by molar-refractivity contribution is -0.113. The van der Waals surface area contributed by atoms with E-state index in [0.717, 1.165) is 13.5 Å². The van der Waals surface area contributed by atoms with Crippen LogP contribution in [0.15, 0.2) is 23.8 Å². The number of aliphatic hydroxyl groups excluding tert-OH is 1. The first-order valence-corrected chi connectivity index (χ1v) is 6.10. The van der Waals surface area contributed by atoms with Gasteiger partial charge in [-0.3, -0.25) is 4.79 Å². The summed E-state index contributed by atoms with van der Waals surface area (Å²) in [6, 6.07) is 0. The van der Waals surface area contributed by atoms with E-state index in [1.807, 2.05) is 20.8 Å². The molecule has 0 rings (SSSR count). The maximum Gasteiger partial charge on any atom is 0.241 e. The molecule has 0 saturated carbocycles. The molecule has 0 bridgehead atoms. The second-order valence-electron chi connectivity index (χ2n) is 2.70. The molecule has 0 aromatic carbocycles. The Hall–Kier alpha value is -1.09. The fourth-order valence-electron chi connectivity index (χ4n) is 0.438. The molecule has 0 fully saturated rings. The van der Waals surface area contributed by atoms with Gasteiger partial charge in [0.2, 0.25) is 5.91 Å². The van der Waals surface area contributed by atoms with E-state index in [0.29, 0.717) is 0 Å². The van der Waals surface area contributed by atoms with Gasteiger partial charge in [0, 0.05) is 7.11 Å². The Bertz CT molecular complexity index is 185. The number of carbonyl (C=O) groups is 1. The molecule has 0 aromatic heterocycles. The van der Waals surface area contributed by atoms with Crippen LogP contribution in [-0.2, 0) is 4.79 Å². The summed E-state index contributed by atoms with van der Waals surface area (Å²) in [6.45, 7) is 12.3. The molecule has 3 heteroatoms. The lowest BCUT2D eigenvalue weighted by atomic mass is 10.2. The Morgan fingerprint density at radius 1 is 1.24 bits per heavy atom. The number of primary amides is 1. The minimum atomic E-state index is -0.373. The van der Waals surface area contributed by atoms with Crippen molar-refractivity contribution in [1.82, 2.24) is 0 Å². The Labute approximate surface area is 107 Å². The second-order valence-corrected chi connectivity index (χ2v) is 2.70. The van der Waals surface area contributed by atoms with Crippen molar-refractivity contribution in [2.45, 2.75) is 54.4 Å². The molecule has 0 heterocycles.